The van der Waals surface area contributed by atoms with Gasteiger partial charge in [-0.25, -0.2) is 8.42 Å². The highest BCUT2D eigenvalue weighted by atomic mass is 32.2. The van der Waals surface area contributed by atoms with E-state index in [1.807, 2.05) is 13.8 Å². The Labute approximate surface area is 126 Å². The fraction of sp³-hybridized carbons (Fsp3) is 0.143. The molecule has 116 valence electrons. The van der Waals surface area contributed by atoms with Crippen LogP contribution in [0.1, 0.15) is 11.1 Å². The van der Waals surface area contributed by atoms with Crippen LogP contribution in [0.2, 0.25) is 0 Å². The molecule has 0 spiro atoms. The summed E-state index contributed by atoms with van der Waals surface area (Å²) in [4.78, 5) is 9.35. The minimum Gasteiger partial charge on any atom is -0.280 e. The van der Waals surface area contributed by atoms with Crippen molar-refractivity contribution in [3.63, 3.8) is 0 Å². The van der Waals surface area contributed by atoms with Crippen LogP contribution in [0.25, 0.3) is 0 Å². The number of nitro benzene ring substituents is 1. The van der Waals surface area contributed by atoms with Crippen LogP contribution in [0.5, 0.6) is 0 Å². The highest BCUT2D eigenvalue weighted by molar-refractivity contribution is 7.92. The Kier molecular flexibility index (Phi) is 4.14. The van der Waals surface area contributed by atoms with Gasteiger partial charge in [0.25, 0.3) is 10.0 Å². The van der Waals surface area contributed by atoms with E-state index in [4.69, 9.17) is 0 Å². The van der Waals surface area contributed by atoms with E-state index in [1.54, 1.807) is 18.2 Å². The maximum absolute atomic E-state index is 13.3. The molecule has 22 heavy (non-hydrogen) atoms. The lowest BCUT2D eigenvalue weighted by Crippen LogP contribution is -2.13. The first-order valence-electron chi connectivity index (χ1n) is 6.25. The average molecular weight is 324 g/mol. The number of benzene rings is 2. The highest BCUT2D eigenvalue weighted by Crippen LogP contribution is 2.24. The maximum atomic E-state index is 13.3. The number of nitrogens with zero attached hydrogens (tertiary/aromatic N) is 1. The van der Waals surface area contributed by atoms with Gasteiger partial charge in [0.1, 0.15) is 0 Å². The van der Waals surface area contributed by atoms with Crippen LogP contribution in [-0.4, -0.2) is 13.3 Å². The summed E-state index contributed by atoms with van der Waals surface area (Å²) in [7, 11) is -4.04. The number of hydrogen-bond donors (Lipinski definition) is 1. The fourth-order valence-corrected chi connectivity index (χ4v) is 2.89. The second-order valence-electron chi connectivity index (χ2n) is 4.77. The lowest BCUT2D eigenvalue weighted by atomic mass is 10.1. The van der Waals surface area contributed by atoms with Gasteiger partial charge in [0, 0.05) is 11.8 Å². The first-order valence-corrected chi connectivity index (χ1v) is 7.73. The van der Waals surface area contributed by atoms with Gasteiger partial charge in [-0.2, -0.15) is 4.39 Å². The molecule has 0 heterocycles. The summed E-state index contributed by atoms with van der Waals surface area (Å²) >= 11 is 0. The van der Waals surface area contributed by atoms with Crippen molar-refractivity contribution in [3.8, 4) is 0 Å². The average Bonchev–Trinajstić information content (AvgIpc) is 2.42. The van der Waals surface area contributed by atoms with Gasteiger partial charge in [-0.05, 0) is 49.2 Å². The zero-order valence-corrected chi connectivity index (χ0v) is 12.6. The van der Waals surface area contributed by atoms with Crippen molar-refractivity contribution in [2.45, 2.75) is 18.7 Å². The number of hydrogen-bond acceptors (Lipinski definition) is 4. The van der Waals surface area contributed by atoms with E-state index < -0.39 is 26.5 Å². The van der Waals surface area contributed by atoms with E-state index in [1.165, 1.54) is 0 Å². The Bertz CT molecular complexity index is 850. The van der Waals surface area contributed by atoms with Crippen LogP contribution in [0.4, 0.5) is 15.8 Å². The molecule has 0 saturated heterocycles. The smallest absolute Gasteiger partial charge is 0.280 e. The molecule has 2 aromatic rings. The van der Waals surface area contributed by atoms with E-state index in [0.29, 0.717) is 11.8 Å². The zero-order chi connectivity index (χ0) is 16.5. The number of anilines is 1. The van der Waals surface area contributed by atoms with Crippen molar-refractivity contribution < 1.29 is 17.7 Å². The van der Waals surface area contributed by atoms with E-state index in [-0.39, 0.29) is 4.90 Å². The Morgan fingerprint density at radius 1 is 1.09 bits per heavy atom. The Hall–Kier alpha value is -2.48. The number of aryl methyl sites for hydroxylation is 2. The summed E-state index contributed by atoms with van der Waals surface area (Å²) in [6.45, 7) is 3.72. The molecule has 0 aliphatic heterocycles. The van der Waals surface area contributed by atoms with E-state index in [0.717, 1.165) is 23.3 Å². The maximum Gasteiger partial charge on any atom is 0.306 e. The summed E-state index contributed by atoms with van der Waals surface area (Å²) in [6.07, 6.45) is 0. The van der Waals surface area contributed by atoms with Crippen molar-refractivity contribution in [3.05, 3.63) is 63.5 Å². The Balaban J connectivity index is 2.40. The molecule has 0 aliphatic carbocycles. The second-order valence-corrected chi connectivity index (χ2v) is 6.46. The van der Waals surface area contributed by atoms with Gasteiger partial charge in [0.15, 0.2) is 0 Å². The van der Waals surface area contributed by atoms with Crippen LogP contribution >= 0.6 is 0 Å². The summed E-state index contributed by atoms with van der Waals surface area (Å²) < 4.78 is 40.0. The van der Waals surface area contributed by atoms with Crippen molar-refractivity contribution in [1.82, 2.24) is 0 Å². The third-order valence-corrected chi connectivity index (χ3v) is 4.56. The molecule has 0 atom stereocenters. The zero-order valence-electron chi connectivity index (χ0n) is 11.8. The van der Waals surface area contributed by atoms with Gasteiger partial charge >= 0.3 is 5.69 Å². The molecular weight excluding hydrogens is 311 g/mol. The minimum absolute atomic E-state index is 0.329. The Morgan fingerprint density at radius 3 is 2.36 bits per heavy atom. The van der Waals surface area contributed by atoms with Gasteiger partial charge in [0.05, 0.1) is 9.82 Å². The van der Waals surface area contributed by atoms with E-state index in [2.05, 4.69) is 4.72 Å². The van der Waals surface area contributed by atoms with Gasteiger partial charge < -0.3 is 0 Å². The molecule has 2 aromatic carbocycles. The summed E-state index contributed by atoms with van der Waals surface area (Å²) in [5.74, 6) is -1.09. The predicted molar refractivity (Wildman–Crippen MR) is 79.8 cm³/mol. The van der Waals surface area contributed by atoms with Gasteiger partial charge in [-0.3, -0.25) is 14.8 Å². The molecule has 0 amide bonds. The predicted octanol–water partition coefficient (Wildman–Crippen LogP) is 3.15. The molecule has 2 rings (SSSR count). The number of nitrogens with one attached hydrogen (secondary N) is 1. The molecule has 0 unspecified atom stereocenters. The second kappa shape index (κ2) is 5.72. The van der Waals surface area contributed by atoms with Crippen LogP contribution in [0, 0.1) is 29.8 Å². The fourth-order valence-electron chi connectivity index (χ4n) is 1.82. The van der Waals surface area contributed by atoms with Crippen LogP contribution < -0.4 is 4.72 Å². The summed E-state index contributed by atoms with van der Waals surface area (Å²) in [6, 6.07) is 7.40. The number of nitro groups is 1. The lowest BCUT2D eigenvalue weighted by Gasteiger charge is -2.10. The van der Waals surface area contributed by atoms with Crippen molar-refractivity contribution in [2.75, 3.05) is 4.72 Å². The van der Waals surface area contributed by atoms with Crippen molar-refractivity contribution in [2.24, 2.45) is 0 Å². The van der Waals surface area contributed by atoms with E-state index in [9.17, 15) is 22.9 Å². The molecule has 0 radical (unpaired) electrons. The molecule has 8 heteroatoms. The topological polar surface area (TPSA) is 89.3 Å². The quantitative estimate of drug-likeness (QED) is 0.691. The Morgan fingerprint density at radius 2 is 1.77 bits per heavy atom. The van der Waals surface area contributed by atoms with E-state index >= 15 is 0 Å². The first kappa shape index (κ1) is 15.9. The standard InChI is InChI=1S/C14H13FN2O4S/c1-9-3-4-11(7-10(9)2)16-22(20,21)12-5-6-13(15)14(8-12)17(18)19/h3-8,16H,1-2H3. The third kappa shape index (κ3) is 3.22. The molecule has 0 bridgehead atoms. The first-order chi connectivity index (χ1) is 10.2. The van der Waals surface area contributed by atoms with Crippen LogP contribution in [-0.2, 0) is 10.0 Å². The molecule has 0 aliphatic rings. The van der Waals surface area contributed by atoms with Crippen LogP contribution in [0.3, 0.4) is 0 Å². The van der Waals surface area contributed by atoms with Gasteiger partial charge in [-0.1, -0.05) is 6.07 Å². The number of sulfonamides is 1. The minimum atomic E-state index is -4.04. The van der Waals surface area contributed by atoms with Crippen molar-refractivity contribution >= 4 is 21.4 Å². The molecule has 6 nitrogen and oxygen atoms in total. The summed E-state index contributed by atoms with van der Waals surface area (Å²) in [5, 5.41) is 10.7. The van der Waals surface area contributed by atoms with Gasteiger partial charge in [0.2, 0.25) is 5.82 Å². The highest BCUT2D eigenvalue weighted by Gasteiger charge is 2.21. The number of halogens is 1. The largest absolute Gasteiger partial charge is 0.306 e. The SMILES string of the molecule is Cc1ccc(NS(=O)(=O)c2ccc(F)c([N+](=O)[O-])c2)cc1C. The van der Waals surface area contributed by atoms with Crippen molar-refractivity contribution in [1.29, 1.82) is 0 Å². The number of rotatable bonds is 4. The molecular formula is C14H13FN2O4S. The lowest BCUT2D eigenvalue weighted by molar-refractivity contribution is -0.387. The van der Waals surface area contributed by atoms with Gasteiger partial charge in [-0.15, -0.1) is 0 Å². The molecule has 0 aromatic heterocycles. The molecule has 1 N–H and O–H groups in total. The molecule has 0 fully saturated rings. The molecule has 0 saturated carbocycles. The monoisotopic (exact) mass is 324 g/mol. The normalized spacial score (nSPS) is 11.2. The van der Waals surface area contributed by atoms with Crippen LogP contribution in [0.15, 0.2) is 41.3 Å². The summed E-state index contributed by atoms with van der Waals surface area (Å²) in [5.41, 5.74) is 1.34. The third-order valence-electron chi connectivity index (χ3n) is 3.18.